The molecule has 2 aliphatic heterocycles. The molecular formula is C33H41N6OP. The number of hydrogen-bond donors (Lipinski definition) is 1. The lowest BCUT2D eigenvalue weighted by Crippen LogP contribution is -2.54. The molecule has 2 aromatic carbocycles. The molecule has 4 heterocycles. The van der Waals surface area contributed by atoms with Crippen LogP contribution in [0.3, 0.4) is 0 Å². The fourth-order valence-electron chi connectivity index (χ4n) is 7.51. The largest absolute Gasteiger partial charge is 0.461 e. The molecule has 4 aromatic rings. The monoisotopic (exact) mass is 568 g/mol. The minimum atomic E-state index is 0.142. The molecule has 214 valence electrons. The Morgan fingerprint density at radius 3 is 2.46 bits per heavy atom. The fourth-order valence-corrected chi connectivity index (χ4v) is 7.94. The number of nitrogens with one attached hydrogen (secondary N) is 1. The van der Waals surface area contributed by atoms with Gasteiger partial charge in [-0.3, -0.25) is 9.88 Å². The summed E-state index contributed by atoms with van der Waals surface area (Å²) in [5.41, 5.74) is 4.32. The van der Waals surface area contributed by atoms with E-state index in [9.17, 15) is 0 Å². The van der Waals surface area contributed by atoms with E-state index < -0.39 is 0 Å². The molecule has 1 atom stereocenters. The molecule has 1 unspecified atom stereocenters. The molecular weight excluding hydrogens is 527 g/mol. The lowest BCUT2D eigenvalue weighted by molar-refractivity contribution is 0.0738. The van der Waals surface area contributed by atoms with Crippen molar-refractivity contribution in [1.29, 1.82) is 0 Å². The van der Waals surface area contributed by atoms with Gasteiger partial charge in [0.25, 0.3) is 0 Å². The SMILES string of the molecule is Cc1c(-c2cccc3cccc(P)c23)ncc2c(NCC3(N(C)C)CCC3)nc(OCC34CCCN3CCC4)nc12. The number of nitrogens with zero attached hydrogens (tertiary/aromatic N) is 5. The minimum absolute atomic E-state index is 0.142. The van der Waals surface area contributed by atoms with Crippen LogP contribution in [0.15, 0.2) is 42.6 Å². The highest BCUT2D eigenvalue weighted by molar-refractivity contribution is 7.28. The predicted molar refractivity (Wildman–Crippen MR) is 171 cm³/mol. The molecule has 2 aromatic heterocycles. The maximum atomic E-state index is 6.51. The maximum absolute atomic E-state index is 6.51. The van der Waals surface area contributed by atoms with Crippen molar-refractivity contribution < 1.29 is 4.74 Å². The van der Waals surface area contributed by atoms with E-state index in [-0.39, 0.29) is 11.1 Å². The van der Waals surface area contributed by atoms with Crippen LogP contribution in [-0.2, 0) is 0 Å². The number of anilines is 1. The summed E-state index contributed by atoms with van der Waals surface area (Å²) in [6.07, 6.45) is 10.5. The van der Waals surface area contributed by atoms with Crippen molar-refractivity contribution in [3.8, 4) is 17.3 Å². The topological polar surface area (TPSA) is 66.4 Å². The van der Waals surface area contributed by atoms with E-state index in [4.69, 9.17) is 19.7 Å². The number of pyridine rings is 1. The first-order chi connectivity index (χ1) is 19.9. The Bertz CT molecular complexity index is 1600. The van der Waals surface area contributed by atoms with Crippen LogP contribution in [-0.4, -0.2) is 76.2 Å². The fraction of sp³-hybridized carbons (Fsp3) is 0.485. The van der Waals surface area contributed by atoms with Gasteiger partial charge in [-0.25, -0.2) is 0 Å². The first kappa shape index (κ1) is 27.0. The van der Waals surface area contributed by atoms with E-state index in [1.807, 2.05) is 6.20 Å². The number of ether oxygens (including phenoxy) is 1. The molecule has 0 amide bonds. The van der Waals surface area contributed by atoms with Crippen molar-refractivity contribution in [1.82, 2.24) is 24.8 Å². The molecule has 1 N–H and O–H groups in total. The number of likely N-dealkylation sites (N-methyl/N-ethyl adjacent to an activating group) is 1. The molecule has 7 rings (SSSR count). The standard InChI is InChI=1S/C33H41N6OP/c1-22-28(24-11-4-9-23-10-5-12-26(41)27(23)24)34-19-25-29(22)36-31(40-21-33-15-7-17-39(33)18-8-16-33)37-30(25)35-20-32(38(2)3)13-6-14-32/h4-5,9-12,19H,6-8,13-18,20-21,41H2,1-3H3,(H,35,36,37). The van der Waals surface area contributed by atoms with Gasteiger partial charge in [0.15, 0.2) is 0 Å². The molecule has 2 saturated heterocycles. The molecule has 0 spiro atoms. The highest BCUT2D eigenvalue weighted by atomic mass is 31.0. The smallest absolute Gasteiger partial charge is 0.319 e. The van der Waals surface area contributed by atoms with Crippen LogP contribution >= 0.6 is 9.24 Å². The molecule has 41 heavy (non-hydrogen) atoms. The second-order valence-corrected chi connectivity index (χ2v) is 13.3. The van der Waals surface area contributed by atoms with Gasteiger partial charge < -0.3 is 15.0 Å². The molecule has 3 aliphatic rings. The number of rotatable bonds is 8. The molecule has 1 aliphatic carbocycles. The Kier molecular flexibility index (Phi) is 6.88. The van der Waals surface area contributed by atoms with E-state index in [2.05, 4.69) is 81.8 Å². The first-order valence-corrected chi connectivity index (χ1v) is 15.7. The van der Waals surface area contributed by atoms with Gasteiger partial charge in [-0.1, -0.05) is 36.4 Å². The molecule has 7 nitrogen and oxygen atoms in total. The summed E-state index contributed by atoms with van der Waals surface area (Å²) in [6, 6.07) is 13.3. The average Bonchev–Trinajstić information content (AvgIpc) is 3.52. The van der Waals surface area contributed by atoms with E-state index in [1.165, 1.54) is 74.1 Å². The van der Waals surface area contributed by atoms with Crippen molar-refractivity contribution in [3.63, 3.8) is 0 Å². The quantitative estimate of drug-likeness (QED) is 0.279. The minimum Gasteiger partial charge on any atom is -0.461 e. The summed E-state index contributed by atoms with van der Waals surface area (Å²) < 4.78 is 6.51. The van der Waals surface area contributed by atoms with Crippen molar-refractivity contribution in [2.75, 3.05) is 45.7 Å². The van der Waals surface area contributed by atoms with Gasteiger partial charge in [0, 0.05) is 29.4 Å². The predicted octanol–water partition coefficient (Wildman–Crippen LogP) is 5.56. The van der Waals surface area contributed by atoms with Gasteiger partial charge in [-0.05, 0) is 95.1 Å². The third-order valence-electron chi connectivity index (χ3n) is 10.2. The van der Waals surface area contributed by atoms with Gasteiger partial charge in [-0.15, -0.1) is 9.24 Å². The Balaban J connectivity index is 1.31. The van der Waals surface area contributed by atoms with E-state index in [0.717, 1.165) is 40.1 Å². The second kappa shape index (κ2) is 10.4. The highest BCUT2D eigenvalue weighted by Crippen LogP contribution is 2.40. The van der Waals surface area contributed by atoms with Crippen molar-refractivity contribution >= 4 is 42.0 Å². The zero-order valence-electron chi connectivity index (χ0n) is 24.5. The van der Waals surface area contributed by atoms with Gasteiger partial charge >= 0.3 is 6.01 Å². The van der Waals surface area contributed by atoms with Crippen LogP contribution in [0.1, 0.15) is 50.5 Å². The van der Waals surface area contributed by atoms with Crippen LogP contribution in [0.2, 0.25) is 0 Å². The number of aryl methyl sites for hydroxylation is 1. The highest BCUT2D eigenvalue weighted by Gasteiger charge is 2.45. The van der Waals surface area contributed by atoms with Gasteiger partial charge in [0.1, 0.15) is 12.4 Å². The van der Waals surface area contributed by atoms with Gasteiger partial charge in [0.2, 0.25) is 0 Å². The van der Waals surface area contributed by atoms with E-state index in [1.54, 1.807) is 0 Å². The van der Waals surface area contributed by atoms with Crippen LogP contribution < -0.4 is 15.4 Å². The first-order valence-electron chi connectivity index (χ1n) is 15.1. The van der Waals surface area contributed by atoms with Crippen molar-refractivity contribution in [2.45, 2.75) is 62.9 Å². The summed E-state index contributed by atoms with van der Waals surface area (Å²) in [4.78, 5) is 20.1. The molecule has 1 saturated carbocycles. The van der Waals surface area contributed by atoms with Crippen LogP contribution in [0, 0.1) is 6.92 Å². The van der Waals surface area contributed by atoms with Crippen molar-refractivity contribution in [2.24, 2.45) is 0 Å². The lowest BCUT2D eigenvalue weighted by atomic mass is 9.75. The molecule has 0 bridgehead atoms. The summed E-state index contributed by atoms with van der Waals surface area (Å²) in [5.74, 6) is 0.817. The number of aromatic nitrogens is 3. The third kappa shape index (κ3) is 4.57. The molecule has 0 radical (unpaired) electrons. The average molecular weight is 569 g/mol. The lowest BCUT2D eigenvalue weighted by Gasteiger charge is -2.47. The number of fused-ring (bicyclic) bond motifs is 3. The number of hydrogen-bond acceptors (Lipinski definition) is 7. The Hall–Kier alpha value is -2.86. The summed E-state index contributed by atoms with van der Waals surface area (Å²) in [5, 5.41) is 8.25. The summed E-state index contributed by atoms with van der Waals surface area (Å²) in [6.45, 7) is 5.98. The van der Waals surface area contributed by atoms with Crippen LogP contribution in [0.25, 0.3) is 32.9 Å². The molecule has 3 fully saturated rings. The maximum Gasteiger partial charge on any atom is 0.319 e. The van der Waals surface area contributed by atoms with E-state index in [0.29, 0.717) is 12.6 Å². The Morgan fingerprint density at radius 1 is 1.00 bits per heavy atom. The third-order valence-corrected chi connectivity index (χ3v) is 10.7. The van der Waals surface area contributed by atoms with Crippen molar-refractivity contribution in [3.05, 3.63) is 48.2 Å². The van der Waals surface area contributed by atoms with Crippen LogP contribution in [0.5, 0.6) is 6.01 Å². The van der Waals surface area contributed by atoms with E-state index >= 15 is 0 Å². The normalized spacial score (nSPS) is 19.5. The number of benzene rings is 2. The second-order valence-electron chi connectivity index (χ2n) is 12.6. The Morgan fingerprint density at radius 2 is 1.76 bits per heavy atom. The Labute approximate surface area is 245 Å². The van der Waals surface area contributed by atoms with Crippen LogP contribution in [0.4, 0.5) is 5.82 Å². The van der Waals surface area contributed by atoms with Gasteiger partial charge in [0.05, 0.1) is 22.1 Å². The summed E-state index contributed by atoms with van der Waals surface area (Å²) in [7, 11) is 7.26. The zero-order valence-corrected chi connectivity index (χ0v) is 25.7. The van der Waals surface area contributed by atoms with Gasteiger partial charge in [-0.2, -0.15) is 9.97 Å². The summed E-state index contributed by atoms with van der Waals surface area (Å²) >= 11 is 0. The zero-order chi connectivity index (χ0) is 28.2. The molecule has 8 heteroatoms.